The molecule has 18 unspecified atom stereocenters. The number of benzene rings is 4. The number of rotatable bonds is 21. The molecule has 12 aliphatic rings. The van der Waals surface area contributed by atoms with E-state index in [0.717, 1.165) is 49.4 Å². The molecule has 17 rings (SSSR count). The molecule has 0 radical (unpaired) electrons. The number of terminal acetylenes is 1. The number of aromatic nitrogens is 3. The molecule has 2 saturated carbocycles. The Bertz CT molecular complexity index is 4820. The summed E-state index contributed by atoms with van der Waals surface area (Å²) in [6.07, 6.45) is 2.77. The van der Waals surface area contributed by atoms with Gasteiger partial charge in [0.05, 0.1) is 106 Å². The maximum atomic E-state index is 14.7. The molecule has 0 N–H and O–H groups in total. The number of nitrogens with zero attached hydrogens (tertiary/aromatic N) is 8. The normalized spacial score (nSPS) is 34.4. The van der Waals surface area contributed by atoms with Gasteiger partial charge in [-0.3, -0.25) is 38.6 Å². The van der Waals surface area contributed by atoms with Crippen LogP contribution >= 0.6 is 60.8 Å². The van der Waals surface area contributed by atoms with E-state index in [9.17, 15) is 28.8 Å². The number of likely N-dealkylation sites (tertiary alicyclic amines) is 2. The summed E-state index contributed by atoms with van der Waals surface area (Å²) in [7, 11) is -1.06. The van der Waals surface area contributed by atoms with Gasteiger partial charge in [-0.1, -0.05) is 169 Å². The summed E-state index contributed by atoms with van der Waals surface area (Å²) in [5.41, 5.74) is 10.3. The molecule has 18 atom stereocenters. The predicted molar refractivity (Wildman–Crippen MR) is 450 cm³/mol. The van der Waals surface area contributed by atoms with Crippen LogP contribution in [0.1, 0.15) is 132 Å². The van der Waals surface area contributed by atoms with E-state index in [1.807, 2.05) is 218 Å². The van der Waals surface area contributed by atoms with Crippen molar-refractivity contribution in [3.63, 3.8) is 0 Å². The van der Waals surface area contributed by atoms with Crippen molar-refractivity contribution in [1.82, 2.24) is 24.8 Å². The molecule has 9 heterocycles. The zero-order valence-electron chi connectivity index (χ0n) is 69.4. The van der Waals surface area contributed by atoms with E-state index in [0.29, 0.717) is 45.3 Å². The third-order valence-electron chi connectivity index (χ3n) is 24.1. The molecule has 4 amide bonds. The molecule has 0 spiro atoms. The molecule has 8 saturated heterocycles. The third-order valence-corrected chi connectivity index (χ3v) is 28.7. The Morgan fingerprint density at radius 1 is 0.542 bits per heavy atom. The molecule has 1 aromatic heterocycles. The van der Waals surface area contributed by atoms with Crippen LogP contribution in [0.25, 0.3) is 32.7 Å². The average Bonchev–Trinajstić information content (AvgIpc) is 1.44. The number of ketones is 2. The Hall–Kier alpha value is -5.97. The second kappa shape index (κ2) is 35.8. The fourth-order valence-electron chi connectivity index (χ4n) is 19.5. The fourth-order valence-corrected chi connectivity index (χ4v) is 22.8. The summed E-state index contributed by atoms with van der Waals surface area (Å²) in [4.78, 5) is 90.1. The number of alkyl halides is 2. The number of Topliss-reactive ketones (excluding diaryl/α,β-unsaturated/α-hetero) is 2. The van der Waals surface area contributed by atoms with Crippen LogP contribution in [-0.2, 0) is 125 Å². The SMILES string of the molecule is C#CCN1C(=O)C2C3(C)C(=O)C(C)(C(c4ccccc4)=C3c3ccccc3)C2(Br)C1=O.CC1(C)OCC2OC(OCCN=[N+]=[N-])C3OC(C)(C)OC3C2O1.CC1(C)OCC2OC(OCCn3cc(CN4C(=O)C5C6(C)C(=O)C(C)(C(c7ccccc7)=C6c6ccccc6)C5(Br)C4=O)nn3)C3OC(C)(C)OC3C2O1.CCOP(OCC)OCC.[Cu][I]. The van der Waals surface area contributed by atoms with Gasteiger partial charge in [-0.05, 0) is 154 Å². The number of ether oxygens (including phenoxy) is 12. The first-order chi connectivity index (χ1) is 57.0. The predicted octanol–water partition coefficient (Wildman–Crippen LogP) is 13.4. The minimum absolute atomic E-state index is 0.0980. The van der Waals surface area contributed by atoms with Gasteiger partial charge in [0.1, 0.15) is 63.2 Å². The molecular formula is C86H101Br2CuIN8O21P. The molecule has 4 aliphatic carbocycles. The maximum absolute atomic E-state index is 14.7. The van der Waals surface area contributed by atoms with E-state index in [1.165, 1.54) is 4.90 Å². The number of fused-ring (bicyclic) bond motifs is 16. The number of carbonyl (C=O) groups excluding carboxylic acids is 6. The van der Waals surface area contributed by atoms with Crippen LogP contribution in [0.5, 0.6) is 0 Å². The standard InChI is InChI=1S/C40H43BrN4O9.C26H20BrNO3.C14H23N3O6.C6H15O3P.Cu.HI/c1-36(2)50-21-25-28(52-36)29-30(54-37(3,4)53-29)33(51-25)49-18-17-44-19-24(42-43-44)20-45-32(46)31-38(5)26(22-13-9-7-10-14-22)27(23-15-11-8-12-16-23)39(6,34(38)47)40(31,41)35(45)48;1-4-15-28-21(29)20-24(2)18(16-11-7-5-8-12-16)19(17-13-9-6-10-14-17)25(3,22(24)30)26(20,27)23(28)31;1-13(2)19-7-8-9(21-13)10-11(23-14(3,4)22-10)12(20-8)18-6-5-16-17-15;1-4-7-10(8-5-2)9-6-3;;/h7-16,19,25,28-31,33H,17-18,20-21H2,1-6H3;1,5-14,20H,15H2,2-3H3;8-12H,5-7H2,1-4H3;4-6H2,1-3H3;;1H/q;;;;+1;/p-1. The topological polar surface area (TPSA) is 327 Å². The van der Waals surface area contributed by atoms with Gasteiger partial charge >= 0.3 is 41.7 Å². The Morgan fingerprint density at radius 3 is 1.30 bits per heavy atom. The monoisotopic (exact) mass is 1960 g/mol. The summed E-state index contributed by atoms with van der Waals surface area (Å²) < 4.78 is 86.4. The first kappa shape index (κ1) is 91.7. The van der Waals surface area contributed by atoms with Crippen molar-refractivity contribution in [2.45, 2.75) is 210 Å². The Morgan fingerprint density at radius 2 is 0.908 bits per heavy atom. The van der Waals surface area contributed by atoms with E-state index >= 15 is 0 Å². The van der Waals surface area contributed by atoms with E-state index < -0.39 is 129 Å². The third kappa shape index (κ3) is 15.9. The van der Waals surface area contributed by atoms with Gasteiger partial charge in [0.2, 0.25) is 23.6 Å². The summed E-state index contributed by atoms with van der Waals surface area (Å²) in [6.45, 7) is 31.3. The number of imide groups is 2. The van der Waals surface area contributed by atoms with Gasteiger partial charge in [-0.15, -0.1) is 11.5 Å². The summed E-state index contributed by atoms with van der Waals surface area (Å²) in [6, 6.07) is 38.6. The van der Waals surface area contributed by atoms with Crippen molar-refractivity contribution in [2.24, 2.45) is 38.6 Å². The van der Waals surface area contributed by atoms with Crippen molar-refractivity contribution in [3.05, 3.63) is 166 Å². The fraction of sp³-hybridized carbons (Fsp3) is 0.558. The van der Waals surface area contributed by atoms with Crippen molar-refractivity contribution < 1.29 is 112 Å². The molecule has 5 aromatic rings. The van der Waals surface area contributed by atoms with Crippen LogP contribution in [0.2, 0.25) is 0 Å². The number of hydrogen-bond donors (Lipinski definition) is 0. The van der Waals surface area contributed by atoms with Crippen molar-refractivity contribution >= 4 is 118 Å². The van der Waals surface area contributed by atoms with Crippen LogP contribution in [0.4, 0.5) is 0 Å². The molecule has 29 nitrogen and oxygen atoms in total. The molecule has 8 aliphatic heterocycles. The van der Waals surface area contributed by atoms with E-state index in [-0.39, 0.29) is 74.7 Å². The van der Waals surface area contributed by atoms with Gasteiger partial charge < -0.3 is 70.4 Å². The number of carbonyl (C=O) groups is 6. The molecule has 4 aromatic carbocycles. The van der Waals surface area contributed by atoms with Crippen LogP contribution < -0.4 is 0 Å². The van der Waals surface area contributed by atoms with Crippen molar-refractivity contribution in [2.75, 3.05) is 59.3 Å². The summed E-state index contributed by atoms with van der Waals surface area (Å²) >= 11 is 13.4. The molecule has 10 fully saturated rings. The number of allylic oxidation sites excluding steroid dienone is 4. The van der Waals surface area contributed by atoms with E-state index in [4.69, 9.17) is 82.4 Å². The van der Waals surface area contributed by atoms with Crippen LogP contribution in [0, 0.1) is 45.8 Å². The quantitative estimate of drug-likeness (QED) is 0.00629. The zero-order chi connectivity index (χ0) is 86.7. The number of amides is 4. The first-order valence-electron chi connectivity index (χ1n) is 40.0. The van der Waals surface area contributed by atoms with Crippen molar-refractivity contribution in [1.29, 1.82) is 0 Å². The molecular weight excluding hydrogens is 1860 g/mol. The van der Waals surface area contributed by atoms with Crippen LogP contribution in [0.15, 0.2) is 133 Å². The number of azide groups is 1. The van der Waals surface area contributed by atoms with Gasteiger partial charge in [0.15, 0.2) is 47.3 Å². The summed E-state index contributed by atoms with van der Waals surface area (Å²) in [5, 5.41) is 12.0. The van der Waals surface area contributed by atoms with E-state index in [2.05, 4.69) is 70.9 Å². The first-order valence-corrected chi connectivity index (χ1v) is 45.7. The van der Waals surface area contributed by atoms with Gasteiger partial charge in [-0.25, -0.2) is 4.68 Å². The Kier molecular flexibility index (Phi) is 27.4. The number of halogens is 3. The second-order valence-corrected chi connectivity index (χ2v) is 36.9. The Labute approximate surface area is 736 Å². The van der Waals surface area contributed by atoms with Gasteiger partial charge in [0.25, 0.3) is 0 Å². The van der Waals surface area contributed by atoms with Crippen LogP contribution in [0.3, 0.4) is 0 Å². The van der Waals surface area contributed by atoms with Gasteiger partial charge in [-0.2, -0.15) is 0 Å². The van der Waals surface area contributed by atoms with Crippen LogP contribution in [-0.4, -0.2) is 213 Å². The minimum atomic E-state index is -1.49. The summed E-state index contributed by atoms with van der Waals surface area (Å²) in [5.74, 6) is -4.41. The zero-order valence-corrected chi connectivity index (χ0v) is 76.6. The molecule has 4 bridgehead atoms. The second-order valence-electron chi connectivity index (χ2n) is 33.2. The average molecular weight is 1960 g/mol. The molecule has 34 heteroatoms. The van der Waals surface area contributed by atoms with Gasteiger partial charge in [0, 0.05) is 11.5 Å². The Balaban J connectivity index is 0.000000158. The van der Waals surface area contributed by atoms with Crippen molar-refractivity contribution in [3.8, 4) is 12.3 Å². The van der Waals surface area contributed by atoms with E-state index in [1.54, 1.807) is 38.1 Å². The molecule has 648 valence electrons. The molecule has 120 heavy (non-hydrogen) atoms. The number of hydrogen-bond acceptors (Lipinski definition) is 24.